The summed E-state index contributed by atoms with van der Waals surface area (Å²) in [6.45, 7) is 0. The standard InChI is InChI=1S/C47H30N2O2/c1-3-15-36(16-4-1)47(37-17-5-2-6-18-37)42-25-32(31-11-9-13-34(23-31)44-27-50-29-48-44)21-22-40(42)46-39-20-8-7-19-38(39)41(26-43(46)47)33-12-10-14-35(24-33)45-28-51-30-49-45/h1-30H. The molecule has 51 heavy (non-hydrogen) atoms. The Balaban J connectivity index is 1.29. The molecule has 4 heteroatoms. The fourth-order valence-electron chi connectivity index (χ4n) is 8.18. The lowest BCUT2D eigenvalue weighted by Gasteiger charge is -2.34. The van der Waals surface area contributed by atoms with E-state index in [0.29, 0.717) is 0 Å². The first kappa shape index (κ1) is 29.2. The number of fused-ring (bicyclic) bond motifs is 5. The number of aromatic nitrogens is 2. The van der Waals surface area contributed by atoms with Gasteiger partial charge >= 0.3 is 0 Å². The van der Waals surface area contributed by atoms with Gasteiger partial charge in [-0.3, -0.25) is 0 Å². The van der Waals surface area contributed by atoms with Crippen LogP contribution >= 0.6 is 0 Å². The molecule has 0 fully saturated rings. The van der Waals surface area contributed by atoms with Crippen LogP contribution in [0, 0.1) is 0 Å². The van der Waals surface area contributed by atoms with Gasteiger partial charge in [0.05, 0.1) is 5.41 Å². The summed E-state index contributed by atoms with van der Waals surface area (Å²) in [6.07, 6.45) is 6.35. The van der Waals surface area contributed by atoms with E-state index in [1.807, 2.05) is 0 Å². The van der Waals surface area contributed by atoms with E-state index in [4.69, 9.17) is 8.83 Å². The summed E-state index contributed by atoms with van der Waals surface area (Å²) in [5.41, 5.74) is 15.2. The highest BCUT2D eigenvalue weighted by molar-refractivity contribution is 6.10. The van der Waals surface area contributed by atoms with Gasteiger partial charge in [-0.15, -0.1) is 0 Å². The molecule has 240 valence electrons. The molecule has 2 aromatic heterocycles. The molecule has 1 aliphatic carbocycles. The molecule has 0 radical (unpaired) electrons. The van der Waals surface area contributed by atoms with E-state index in [-0.39, 0.29) is 0 Å². The minimum absolute atomic E-state index is 0.588. The lowest BCUT2D eigenvalue weighted by Crippen LogP contribution is -2.28. The van der Waals surface area contributed by atoms with E-state index in [9.17, 15) is 0 Å². The van der Waals surface area contributed by atoms with Crippen molar-refractivity contribution in [1.82, 2.24) is 9.97 Å². The van der Waals surface area contributed by atoms with E-state index in [1.54, 1.807) is 12.5 Å². The Morgan fingerprint density at radius 3 is 1.57 bits per heavy atom. The van der Waals surface area contributed by atoms with Gasteiger partial charge in [-0.2, -0.15) is 0 Å². The average molecular weight is 655 g/mol. The van der Waals surface area contributed by atoms with E-state index >= 15 is 0 Å². The second-order valence-corrected chi connectivity index (χ2v) is 13.0. The molecule has 0 bridgehead atoms. The van der Waals surface area contributed by atoms with Crippen LogP contribution in [0.2, 0.25) is 0 Å². The summed E-state index contributed by atoms with van der Waals surface area (Å²) >= 11 is 0. The second-order valence-electron chi connectivity index (χ2n) is 13.0. The van der Waals surface area contributed by atoms with Gasteiger partial charge in [-0.05, 0) is 90.7 Å². The molecule has 0 unspecified atom stereocenters. The first-order valence-electron chi connectivity index (χ1n) is 17.1. The quantitative estimate of drug-likeness (QED) is 0.179. The van der Waals surface area contributed by atoms with Crippen LogP contribution < -0.4 is 0 Å². The summed E-state index contributed by atoms with van der Waals surface area (Å²) in [5, 5.41) is 2.44. The van der Waals surface area contributed by atoms with Crippen LogP contribution in [0.4, 0.5) is 0 Å². The largest absolute Gasteiger partial charge is 0.451 e. The molecule has 10 rings (SSSR count). The second kappa shape index (κ2) is 11.7. The third-order valence-corrected chi connectivity index (χ3v) is 10.4. The first-order chi connectivity index (χ1) is 25.3. The van der Waals surface area contributed by atoms with Crippen LogP contribution in [0.25, 0.3) is 66.7 Å². The maximum absolute atomic E-state index is 5.35. The number of benzene rings is 7. The zero-order chi connectivity index (χ0) is 33.8. The van der Waals surface area contributed by atoms with Crippen LogP contribution in [0.1, 0.15) is 22.3 Å². The molecule has 0 spiro atoms. The van der Waals surface area contributed by atoms with Gasteiger partial charge in [0.25, 0.3) is 0 Å². The molecule has 7 aromatic carbocycles. The van der Waals surface area contributed by atoms with Crippen molar-refractivity contribution in [2.75, 3.05) is 0 Å². The molecule has 4 nitrogen and oxygen atoms in total. The third kappa shape index (κ3) is 4.54. The molecule has 9 aromatic rings. The number of nitrogens with zero attached hydrogens (tertiary/aromatic N) is 2. The van der Waals surface area contributed by atoms with Crippen molar-refractivity contribution in [3.05, 3.63) is 205 Å². The van der Waals surface area contributed by atoms with Crippen LogP contribution in [0.5, 0.6) is 0 Å². The van der Waals surface area contributed by atoms with E-state index in [2.05, 4.69) is 168 Å². The Kier molecular flexibility index (Phi) is 6.68. The molecule has 0 aliphatic heterocycles. The molecule has 0 saturated heterocycles. The monoisotopic (exact) mass is 654 g/mol. The molecule has 0 amide bonds. The topological polar surface area (TPSA) is 52.1 Å². The van der Waals surface area contributed by atoms with Crippen LogP contribution in [0.3, 0.4) is 0 Å². The van der Waals surface area contributed by atoms with Crippen LogP contribution in [-0.4, -0.2) is 9.97 Å². The molecule has 0 atom stereocenters. The Labute approximate surface area is 295 Å². The predicted molar refractivity (Wildman–Crippen MR) is 203 cm³/mol. The third-order valence-electron chi connectivity index (χ3n) is 10.4. The van der Waals surface area contributed by atoms with Crippen molar-refractivity contribution in [3.63, 3.8) is 0 Å². The molecular formula is C47H30N2O2. The molecule has 1 aliphatic rings. The summed E-state index contributed by atoms with van der Waals surface area (Å²) < 4.78 is 10.7. The first-order valence-corrected chi connectivity index (χ1v) is 17.1. The van der Waals surface area contributed by atoms with Gasteiger partial charge in [0.1, 0.15) is 23.9 Å². The lowest BCUT2D eigenvalue weighted by atomic mass is 9.67. The van der Waals surface area contributed by atoms with Gasteiger partial charge in [-0.1, -0.05) is 133 Å². The zero-order valence-electron chi connectivity index (χ0n) is 27.5. The predicted octanol–water partition coefficient (Wildman–Crippen LogP) is 11.8. The average Bonchev–Trinajstić information content (AvgIpc) is 4.00. The summed E-state index contributed by atoms with van der Waals surface area (Å²) in [7, 11) is 0. The Morgan fingerprint density at radius 1 is 0.392 bits per heavy atom. The van der Waals surface area contributed by atoms with Gasteiger partial charge in [-0.25, -0.2) is 9.97 Å². The van der Waals surface area contributed by atoms with Crippen molar-refractivity contribution < 1.29 is 8.83 Å². The highest BCUT2D eigenvalue weighted by Crippen LogP contribution is 2.59. The van der Waals surface area contributed by atoms with Crippen molar-refractivity contribution >= 4 is 10.8 Å². The van der Waals surface area contributed by atoms with Gasteiger partial charge in [0.2, 0.25) is 0 Å². The molecule has 2 heterocycles. The highest BCUT2D eigenvalue weighted by atomic mass is 16.3. The number of hydrogen-bond acceptors (Lipinski definition) is 4. The Bertz CT molecular complexity index is 2640. The summed E-state index contributed by atoms with van der Waals surface area (Å²) in [4.78, 5) is 8.86. The zero-order valence-corrected chi connectivity index (χ0v) is 27.5. The lowest BCUT2D eigenvalue weighted by molar-refractivity contribution is 0.558. The molecular weight excluding hydrogens is 625 g/mol. The summed E-state index contributed by atoms with van der Waals surface area (Å²) in [5.74, 6) is 0. The Morgan fingerprint density at radius 2 is 0.941 bits per heavy atom. The number of oxazole rings is 2. The maximum atomic E-state index is 5.35. The number of rotatable bonds is 6. The maximum Gasteiger partial charge on any atom is 0.181 e. The normalized spacial score (nSPS) is 12.9. The van der Waals surface area contributed by atoms with Crippen molar-refractivity contribution in [3.8, 4) is 55.9 Å². The molecule has 0 N–H and O–H groups in total. The smallest absolute Gasteiger partial charge is 0.181 e. The number of hydrogen-bond donors (Lipinski definition) is 0. The van der Waals surface area contributed by atoms with Gasteiger partial charge < -0.3 is 8.83 Å². The van der Waals surface area contributed by atoms with Crippen molar-refractivity contribution in [2.45, 2.75) is 5.41 Å². The van der Waals surface area contributed by atoms with E-state index < -0.39 is 5.41 Å². The van der Waals surface area contributed by atoms with Gasteiger partial charge in [0.15, 0.2) is 12.8 Å². The van der Waals surface area contributed by atoms with Gasteiger partial charge in [0, 0.05) is 11.1 Å². The van der Waals surface area contributed by atoms with E-state index in [0.717, 1.165) is 39.2 Å². The van der Waals surface area contributed by atoms with Crippen LogP contribution in [-0.2, 0) is 5.41 Å². The summed E-state index contributed by atoms with van der Waals surface area (Å²) in [6, 6.07) is 57.4. The molecule has 0 saturated carbocycles. The minimum atomic E-state index is -0.588. The SMILES string of the molecule is c1ccc(C2(c3ccccc3)c3cc(-c4cccc(-c5cocn5)c4)ccc3-c3c2cc(-c2cccc(-c4cocn4)c2)c2ccccc32)cc1. The van der Waals surface area contributed by atoms with E-state index in [1.165, 1.54) is 62.5 Å². The van der Waals surface area contributed by atoms with Crippen molar-refractivity contribution in [1.29, 1.82) is 0 Å². The highest BCUT2D eigenvalue weighted by Gasteiger charge is 2.47. The fraction of sp³-hybridized carbons (Fsp3) is 0.0213. The minimum Gasteiger partial charge on any atom is -0.451 e. The van der Waals surface area contributed by atoms with Crippen LogP contribution in [0.15, 0.2) is 192 Å². The Hall–Kier alpha value is -6.78. The van der Waals surface area contributed by atoms with Crippen molar-refractivity contribution in [2.24, 2.45) is 0 Å². The fourth-order valence-corrected chi connectivity index (χ4v) is 8.18.